The second kappa shape index (κ2) is 7.36. The highest BCUT2D eigenvalue weighted by atomic mass is 32.1. The number of thiazole rings is 1. The fraction of sp³-hybridized carbons (Fsp3) is 0.474. The molecule has 4 rings (SSSR count). The first-order valence-electron chi connectivity index (χ1n) is 9.30. The first-order valence-corrected chi connectivity index (χ1v) is 10.2. The number of rotatable bonds is 4. The highest BCUT2D eigenvalue weighted by Gasteiger charge is 2.19. The summed E-state index contributed by atoms with van der Waals surface area (Å²) < 4.78 is 1.72. The van der Waals surface area contributed by atoms with E-state index < -0.39 is 0 Å². The lowest BCUT2D eigenvalue weighted by molar-refractivity contribution is 0.102. The first kappa shape index (κ1) is 18.1. The molecule has 4 heterocycles. The van der Waals surface area contributed by atoms with E-state index in [1.807, 2.05) is 32.3 Å². The molecule has 3 aromatic heterocycles. The number of likely N-dealkylation sites (tertiary alicyclic amines) is 1. The number of hydrogen-bond donors (Lipinski definition) is 1. The summed E-state index contributed by atoms with van der Waals surface area (Å²) in [7, 11) is 1.84. The van der Waals surface area contributed by atoms with Crippen molar-refractivity contribution < 1.29 is 4.79 Å². The van der Waals surface area contributed by atoms with Crippen molar-refractivity contribution in [3.63, 3.8) is 0 Å². The van der Waals surface area contributed by atoms with Gasteiger partial charge in [0.2, 0.25) is 0 Å². The molecule has 1 aliphatic rings. The van der Waals surface area contributed by atoms with Gasteiger partial charge in [0.15, 0.2) is 10.8 Å². The van der Waals surface area contributed by atoms with Crippen LogP contribution in [0.25, 0.3) is 11.0 Å². The molecule has 0 aliphatic carbocycles. The molecule has 0 aromatic carbocycles. The molecule has 1 N–H and O–H groups in total. The molecular weight excluding hydrogens is 360 g/mol. The Labute approximate surface area is 162 Å². The first-order chi connectivity index (χ1) is 13.0. The topological polar surface area (TPSA) is 75.9 Å². The molecule has 0 radical (unpaired) electrons. The van der Waals surface area contributed by atoms with Crippen LogP contribution in [0.5, 0.6) is 0 Å². The van der Waals surface area contributed by atoms with E-state index in [0.29, 0.717) is 10.7 Å². The molecular formula is C19H24N6OS. The molecule has 1 amide bonds. The highest BCUT2D eigenvalue weighted by Crippen LogP contribution is 2.24. The van der Waals surface area contributed by atoms with Gasteiger partial charge in [-0.15, -0.1) is 11.3 Å². The van der Waals surface area contributed by atoms with Crippen molar-refractivity contribution in [1.82, 2.24) is 24.6 Å². The van der Waals surface area contributed by atoms with Crippen molar-refractivity contribution in [2.45, 2.75) is 39.7 Å². The quantitative estimate of drug-likeness (QED) is 0.747. The van der Waals surface area contributed by atoms with Crippen molar-refractivity contribution in [1.29, 1.82) is 0 Å². The second-order valence-corrected chi connectivity index (χ2v) is 8.01. The summed E-state index contributed by atoms with van der Waals surface area (Å²) >= 11 is 1.47. The third-order valence-corrected chi connectivity index (χ3v) is 5.75. The largest absolute Gasteiger partial charge is 0.298 e. The van der Waals surface area contributed by atoms with E-state index in [-0.39, 0.29) is 5.91 Å². The SMILES string of the molecule is Cc1cc(C(=O)Nc2nc(CN3CCCCC3)cs2)c2c(C)nn(C)c2n1. The van der Waals surface area contributed by atoms with E-state index in [1.54, 1.807) is 4.68 Å². The smallest absolute Gasteiger partial charge is 0.258 e. The summed E-state index contributed by atoms with van der Waals surface area (Å²) in [6.45, 7) is 6.91. The minimum Gasteiger partial charge on any atom is -0.298 e. The number of fused-ring (bicyclic) bond motifs is 1. The Bertz CT molecular complexity index is 986. The lowest BCUT2D eigenvalue weighted by Gasteiger charge is -2.25. The average Bonchev–Trinajstić information content (AvgIpc) is 3.19. The molecule has 7 nitrogen and oxygen atoms in total. The van der Waals surface area contributed by atoms with Crippen molar-refractivity contribution in [3.8, 4) is 0 Å². The van der Waals surface area contributed by atoms with Crippen LogP contribution in [-0.2, 0) is 13.6 Å². The van der Waals surface area contributed by atoms with Crippen molar-refractivity contribution >= 4 is 33.4 Å². The minimum atomic E-state index is -0.166. The molecule has 0 unspecified atom stereocenters. The monoisotopic (exact) mass is 384 g/mol. The lowest BCUT2D eigenvalue weighted by atomic mass is 10.1. The van der Waals surface area contributed by atoms with Gasteiger partial charge < -0.3 is 0 Å². The van der Waals surface area contributed by atoms with E-state index in [9.17, 15) is 4.79 Å². The van der Waals surface area contributed by atoms with Gasteiger partial charge in [0.05, 0.1) is 22.3 Å². The molecule has 0 saturated carbocycles. The number of amides is 1. The third kappa shape index (κ3) is 3.72. The zero-order valence-electron chi connectivity index (χ0n) is 15.9. The van der Waals surface area contributed by atoms with Crippen LogP contribution in [0, 0.1) is 13.8 Å². The Kier molecular flexibility index (Phi) is 4.92. The van der Waals surface area contributed by atoms with Crippen molar-refractivity contribution in [2.24, 2.45) is 7.05 Å². The number of nitrogens with zero attached hydrogens (tertiary/aromatic N) is 5. The zero-order chi connectivity index (χ0) is 19.0. The normalized spacial score (nSPS) is 15.4. The Morgan fingerprint density at radius 2 is 2.00 bits per heavy atom. The summed E-state index contributed by atoms with van der Waals surface area (Å²) in [6, 6.07) is 1.81. The Morgan fingerprint density at radius 3 is 2.78 bits per heavy atom. The summed E-state index contributed by atoms with van der Waals surface area (Å²) in [5, 5.41) is 10.8. The minimum absolute atomic E-state index is 0.166. The highest BCUT2D eigenvalue weighted by molar-refractivity contribution is 7.14. The number of piperidine rings is 1. The molecule has 1 saturated heterocycles. The van der Waals surface area contributed by atoms with E-state index in [2.05, 4.69) is 25.3 Å². The Hall–Kier alpha value is -2.32. The van der Waals surface area contributed by atoms with E-state index >= 15 is 0 Å². The van der Waals surface area contributed by atoms with Crippen LogP contribution in [0.3, 0.4) is 0 Å². The van der Waals surface area contributed by atoms with Gasteiger partial charge in [-0.25, -0.2) is 9.97 Å². The number of aryl methyl sites for hydroxylation is 3. The van der Waals surface area contributed by atoms with Crippen LogP contribution < -0.4 is 5.32 Å². The van der Waals surface area contributed by atoms with Crippen LogP contribution in [-0.4, -0.2) is 43.6 Å². The lowest BCUT2D eigenvalue weighted by Crippen LogP contribution is -2.29. The van der Waals surface area contributed by atoms with E-state index in [0.717, 1.165) is 47.7 Å². The van der Waals surface area contributed by atoms with E-state index in [1.165, 1.54) is 30.6 Å². The van der Waals surface area contributed by atoms with Gasteiger partial charge >= 0.3 is 0 Å². The average molecular weight is 385 g/mol. The van der Waals surface area contributed by atoms with Crippen LogP contribution in [0.1, 0.15) is 46.7 Å². The number of hydrogen-bond acceptors (Lipinski definition) is 6. The number of carbonyl (C=O) groups is 1. The fourth-order valence-corrected chi connectivity index (χ4v) is 4.39. The molecule has 142 valence electrons. The third-order valence-electron chi connectivity index (χ3n) is 4.95. The maximum absolute atomic E-state index is 12.9. The summed E-state index contributed by atoms with van der Waals surface area (Å²) in [4.78, 5) is 24.5. The number of aromatic nitrogens is 4. The summed E-state index contributed by atoms with van der Waals surface area (Å²) in [5.41, 5.74) is 3.93. The molecule has 3 aromatic rings. The predicted molar refractivity (Wildman–Crippen MR) is 107 cm³/mol. The van der Waals surface area contributed by atoms with Gasteiger partial charge in [0.1, 0.15) is 0 Å². The Balaban J connectivity index is 1.54. The Morgan fingerprint density at radius 1 is 1.22 bits per heavy atom. The maximum atomic E-state index is 12.9. The van der Waals surface area contributed by atoms with Gasteiger partial charge in [0, 0.05) is 24.7 Å². The van der Waals surface area contributed by atoms with Crippen molar-refractivity contribution in [3.05, 3.63) is 34.1 Å². The second-order valence-electron chi connectivity index (χ2n) is 7.15. The van der Waals surface area contributed by atoms with Crippen molar-refractivity contribution in [2.75, 3.05) is 18.4 Å². The number of nitrogens with one attached hydrogen (secondary N) is 1. The fourth-order valence-electron chi connectivity index (χ4n) is 3.70. The molecule has 1 fully saturated rings. The number of carbonyl (C=O) groups excluding carboxylic acids is 1. The van der Waals surface area contributed by atoms with Gasteiger partial charge in [-0.3, -0.25) is 19.7 Å². The zero-order valence-corrected chi connectivity index (χ0v) is 16.8. The van der Waals surface area contributed by atoms with Gasteiger partial charge in [-0.1, -0.05) is 6.42 Å². The van der Waals surface area contributed by atoms with Gasteiger partial charge in [0.25, 0.3) is 5.91 Å². The summed E-state index contributed by atoms with van der Waals surface area (Å²) in [5.74, 6) is -0.166. The molecule has 0 atom stereocenters. The molecule has 8 heteroatoms. The van der Waals surface area contributed by atoms with E-state index in [4.69, 9.17) is 0 Å². The maximum Gasteiger partial charge on any atom is 0.258 e. The predicted octanol–water partition coefficient (Wildman–Crippen LogP) is 3.28. The van der Waals surface area contributed by atoms with Crippen LogP contribution >= 0.6 is 11.3 Å². The standard InChI is InChI=1S/C19H24N6OS/c1-12-9-15(16-13(2)23-24(3)17(16)20-12)18(26)22-19-21-14(11-27-19)10-25-7-5-4-6-8-25/h9,11H,4-8,10H2,1-3H3,(H,21,22,26). The van der Waals surface area contributed by atoms with Crippen LogP contribution in [0.2, 0.25) is 0 Å². The number of anilines is 1. The van der Waals surface area contributed by atoms with Gasteiger partial charge in [-0.05, 0) is 45.8 Å². The van der Waals surface area contributed by atoms with Crippen LogP contribution in [0.15, 0.2) is 11.4 Å². The number of pyridine rings is 1. The summed E-state index contributed by atoms with van der Waals surface area (Å²) in [6.07, 6.45) is 3.84. The molecule has 1 aliphatic heterocycles. The molecule has 27 heavy (non-hydrogen) atoms. The van der Waals surface area contributed by atoms with Gasteiger partial charge in [-0.2, -0.15) is 5.10 Å². The molecule has 0 bridgehead atoms. The molecule has 0 spiro atoms. The van der Waals surface area contributed by atoms with Crippen LogP contribution in [0.4, 0.5) is 5.13 Å².